The maximum atomic E-state index is 5.94. The third-order valence-electron chi connectivity index (χ3n) is 2.59. The van der Waals surface area contributed by atoms with Crippen molar-refractivity contribution in [2.75, 3.05) is 18.4 Å². The summed E-state index contributed by atoms with van der Waals surface area (Å²) in [5.41, 5.74) is 2.36. The standard InChI is InChI=1S/C12H13ClN2/c1-2-6-14-11-5-7-15-12-8-9(13)3-4-10(11)12/h1,3-4,8,11,14-15H,5-7H2. The van der Waals surface area contributed by atoms with Gasteiger partial charge >= 0.3 is 0 Å². The molecule has 1 heterocycles. The summed E-state index contributed by atoms with van der Waals surface area (Å²) in [4.78, 5) is 0. The van der Waals surface area contributed by atoms with Gasteiger partial charge in [0, 0.05) is 23.3 Å². The van der Waals surface area contributed by atoms with Crippen molar-refractivity contribution in [3.63, 3.8) is 0 Å². The lowest BCUT2D eigenvalue weighted by atomic mass is 9.98. The molecule has 1 atom stereocenters. The molecule has 0 aromatic heterocycles. The average Bonchev–Trinajstić information content (AvgIpc) is 2.25. The van der Waals surface area contributed by atoms with Gasteiger partial charge in [-0.1, -0.05) is 23.6 Å². The summed E-state index contributed by atoms with van der Waals surface area (Å²) in [5, 5.41) is 7.42. The molecule has 1 unspecified atom stereocenters. The molecule has 3 heteroatoms. The second-order valence-electron chi connectivity index (χ2n) is 3.58. The summed E-state index contributed by atoms with van der Waals surface area (Å²) < 4.78 is 0. The minimum absolute atomic E-state index is 0.342. The highest BCUT2D eigenvalue weighted by atomic mass is 35.5. The zero-order chi connectivity index (χ0) is 10.7. The van der Waals surface area contributed by atoms with Gasteiger partial charge in [-0.15, -0.1) is 6.42 Å². The molecule has 2 N–H and O–H groups in total. The first-order valence-electron chi connectivity index (χ1n) is 5.01. The van der Waals surface area contributed by atoms with Gasteiger partial charge in [0.25, 0.3) is 0 Å². The van der Waals surface area contributed by atoms with Crippen molar-refractivity contribution in [2.45, 2.75) is 12.5 Å². The van der Waals surface area contributed by atoms with Crippen LogP contribution >= 0.6 is 11.6 Å². The third-order valence-corrected chi connectivity index (χ3v) is 2.82. The highest BCUT2D eigenvalue weighted by Gasteiger charge is 2.18. The van der Waals surface area contributed by atoms with Crippen molar-refractivity contribution in [3.05, 3.63) is 28.8 Å². The maximum absolute atomic E-state index is 5.94. The first-order chi connectivity index (χ1) is 7.31. The van der Waals surface area contributed by atoms with Crippen LogP contribution in [0.3, 0.4) is 0 Å². The van der Waals surface area contributed by atoms with Gasteiger partial charge < -0.3 is 5.32 Å². The number of anilines is 1. The van der Waals surface area contributed by atoms with E-state index in [-0.39, 0.29) is 0 Å². The topological polar surface area (TPSA) is 24.1 Å². The minimum atomic E-state index is 0.342. The third kappa shape index (κ3) is 2.26. The summed E-state index contributed by atoms with van der Waals surface area (Å²) in [7, 11) is 0. The molecule has 1 aliphatic heterocycles. The molecule has 1 aromatic carbocycles. The van der Waals surface area contributed by atoms with Crippen LogP contribution in [0.15, 0.2) is 18.2 Å². The maximum Gasteiger partial charge on any atom is 0.0578 e. The Morgan fingerprint density at radius 2 is 2.47 bits per heavy atom. The molecule has 1 aromatic rings. The second-order valence-corrected chi connectivity index (χ2v) is 4.02. The molecule has 0 radical (unpaired) electrons. The lowest BCUT2D eigenvalue weighted by Crippen LogP contribution is -2.28. The van der Waals surface area contributed by atoms with E-state index in [0.717, 1.165) is 23.7 Å². The second kappa shape index (κ2) is 4.57. The molecule has 0 aliphatic carbocycles. The van der Waals surface area contributed by atoms with Gasteiger partial charge in [0.05, 0.1) is 6.54 Å². The van der Waals surface area contributed by atoms with E-state index in [1.165, 1.54) is 5.56 Å². The van der Waals surface area contributed by atoms with Crippen LogP contribution in [0.1, 0.15) is 18.0 Å². The minimum Gasteiger partial charge on any atom is -0.385 e. The van der Waals surface area contributed by atoms with Crippen LogP contribution in [0.2, 0.25) is 5.02 Å². The van der Waals surface area contributed by atoms with Crippen LogP contribution in [-0.4, -0.2) is 13.1 Å². The van der Waals surface area contributed by atoms with Crippen molar-refractivity contribution in [1.82, 2.24) is 5.32 Å². The first kappa shape index (κ1) is 10.4. The van der Waals surface area contributed by atoms with Crippen molar-refractivity contribution < 1.29 is 0 Å². The number of hydrogen-bond acceptors (Lipinski definition) is 2. The Kier molecular flexibility index (Phi) is 3.15. The number of halogens is 1. The van der Waals surface area contributed by atoms with Crippen molar-refractivity contribution in [2.24, 2.45) is 0 Å². The van der Waals surface area contributed by atoms with E-state index in [2.05, 4.69) is 22.6 Å². The number of terminal acetylenes is 1. The molecule has 0 fully saturated rings. The highest BCUT2D eigenvalue weighted by molar-refractivity contribution is 6.30. The van der Waals surface area contributed by atoms with E-state index in [1.54, 1.807) is 0 Å². The van der Waals surface area contributed by atoms with Crippen molar-refractivity contribution in [3.8, 4) is 12.3 Å². The average molecular weight is 221 g/mol. The summed E-state index contributed by atoms with van der Waals surface area (Å²) in [6.45, 7) is 1.56. The van der Waals surface area contributed by atoms with Gasteiger partial charge in [-0.05, 0) is 24.1 Å². The number of hydrogen-bond donors (Lipinski definition) is 2. The van der Waals surface area contributed by atoms with Crippen LogP contribution < -0.4 is 10.6 Å². The van der Waals surface area contributed by atoms with Crippen molar-refractivity contribution in [1.29, 1.82) is 0 Å². The Bertz CT molecular complexity index is 395. The van der Waals surface area contributed by atoms with E-state index in [9.17, 15) is 0 Å². The zero-order valence-corrected chi connectivity index (χ0v) is 9.14. The molecule has 1 aliphatic rings. The SMILES string of the molecule is C#CCNC1CCNc2cc(Cl)ccc21. The fraction of sp³-hybridized carbons (Fsp3) is 0.333. The number of benzene rings is 1. The quantitative estimate of drug-likeness (QED) is 0.749. The fourth-order valence-electron chi connectivity index (χ4n) is 1.89. The van der Waals surface area contributed by atoms with Gasteiger partial charge in [-0.2, -0.15) is 0 Å². The predicted molar refractivity (Wildman–Crippen MR) is 64.1 cm³/mol. The zero-order valence-electron chi connectivity index (χ0n) is 8.39. The van der Waals surface area contributed by atoms with Gasteiger partial charge in [0.2, 0.25) is 0 Å². The van der Waals surface area contributed by atoms with Crippen LogP contribution in [0.5, 0.6) is 0 Å². The molecule has 2 nitrogen and oxygen atoms in total. The summed E-state index contributed by atoms with van der Waals surface area (Å²) in [6, 6.07) is 6.27. The molecule has 0 spiro atoms. The van der Waals surface area contributed by atoms with E-state index in [0.29, 0.717) is 12.6 Å². The summed E-state index contributed by atoms with van der Waals surface area (Å²) in [6.07, 6.45) is 6.29. The molecule has 2 rings (SSSR count). The fourth-order valence-corrected chi connectivity index (χ4v) is 2.06. The molecular formula is C12H13ClN2. The van der Waals surface area contributed by atoms with Crippen LogP contribution in [-0.2, 0) is 0 Å². The van der Waals surface area contributed by atoms with E-state index in [1.807, 2.05) is 12.1 Å². The smallest absolute Gasteiger partial charge is 0.0578 e. The van der Waals surface area contributed by atoms with Crippen LogP contribution in [0, 0.1) is 12.3 Å². The van der Waals surface area contributed by atoms with E-state index < -0.39 is 0 Å². The van der Waals surface area contributed by atoms with Crippen LogP contribution in [0.4, 0.5) is 5.69 Å². The summed E-state index contributed by atoms with van der Waals surface area (Å²) in [5.74, 6) is 2.60. The molecule has 78 valence electrons. The lowest BCUT2D eigenvalue weighted by Gasteiger charge is -2.27. The van der Waals surface area contributed by atoms with Gasteiger partial charge in [0.1, 0.15) is 0 Å². The Morgan fingerprint density at radius 1 is 1.60 bits per heavy atom. The van der Waals surface area contributed by atoms with Gasteiger partial charge in [0.15, 0.2) is 0 Å². The molecule has 0 amide bonds. The highest BCUT2D eigenvalue weighted by Crippen LogP contribution is 2.31. The summed E-state index contributed by atoms with van der Waals surface area (Å²) >= 11 is 5.94. The Balaban J connectivity index is 2.23. The monoisotopic (exact) mass is 220 g/mol. The number of nitrogens with one attached hydrogen (secondary N) is 2. The molecule has 15 heavy (non-hydrogen) atoms. The Labute approximate surface area is 95.0 Å². The first-order valence-corrected chi connectivity index (χ1v) is 5.39. The van der Waals surface area contributed by atoms with Crippen LogP contribution in [0.25, 0.3) is 0 Å². The number of fused-ring (bicyclic) bond motifs is 1. The molecule has 0 bridgehead atoms. The largest absolute Gasteiger partial charge is 0.385 e. The van der Waals surface area contributed by atoms with E-state index >= 15 is 0 Å². The van der Waals surface area contributed by atoms with Gasteiger partial charge in [-0.3, -0.25) is 5.32 Å². The lowest BCUT2D eigenvalue weighted by molar-refractivity contribution is 0.533. The Hall–Kier alpha value is -1.17. The van der Waals surface area contributed by atoms with E-state index in [4.69, 9.17) is 18.0 Å². The van der Waals surface area contributed by atoms with Gasteiger partial charge in [-0.25, -0.2) is 0 Å². The molecular weight excluding hydrogens is 208 g/mol. The molecule has 0 saturated heterocycles. The molecule has 0 saturated carbocycles. The Morgan fingerprint density at radius 3 is 3.27 bits per heavy atom. The normalized spacial score (nSPS) is 18.8. The number of rotatable bonds is 2. The van der Waals surface area contributed by atoms with Crippen molar-refractivity contribution >= 4 is 17.3 Å². The predicted octanol–water partition coefficient (Wildman–Crippen LogP) is 2.42.